The lowest BCUT2D eigenvalue weighted by Gasteiger charge is -2.34. The number of carbonyl (C=O) groups is 1. The Balaban J connectivity index is 2.17. The minimum Gasteiger partial charge on any atom is -0.338 e. The Hall–Kier alpha value is -0.810. The van der Waals surface area contributed by atoms with Crippen molar-refractivity contribution in [2.45, 2.75) is 19.8 Å². The van der Waals surface area contributed by atoms with Crippen molar-refractivity contribution in [3.63, 3.8) is 0 Å². The zero-order valence-electron chi connectivity index (χ0n) is 10.2. The molecule has 1 fully saturated rings. The number of nitrogens with one attached hydrogen (secondary N) is 1. The first-order chi connectivity index (χ1) is 7.77. The molecule has 0 atom stereocenters. The zero-order valence-corrected chi connectivity index (χ0v) is 10.2. The molecule has 16 heavy (non-hydrogen) atoms. The molecule has 5 heteroatoms. The highest BCUT2D eigenvalue weighted by Gasteiger charge is 2.19. The van der Waals surface area contributed by atoms with Gasteiger partial charge in [-0.05, 0) is 6.42 Å². The fraction of sp³-hybridized carbons (Fsp3) is 0.909. The fourth-order valence-electron chi connectivity index (χ4n) is 1.84. The van der Waals surface area contributed by atoms with Gasteiger partial charge in [-0.15, -0.1) is 0 Å². The van der Waals surface area contributed by atoms with Crippen LogP contribution < -0.4 is 11.1 Å². The van der Waals surface area contributed by atoms with Crippen molar-refractivity contribution in [3.05, 3.63) is 0 Å². The quantitative estimate of drug-likeness (QED) is 0.655. The average Bonchev–Trinajstić information content (AvgIpc) is 2.30. The smallest absolute Gasteiger partial charge is 0.317 e. The largest absolute Gasteiger partial charge is 0.338 e. The molecule has 0 saturated carbocycles. The van der Waals surface area contributed by atoms with Crippen LogP contribution in [0.2, 0.25) is 0 Å². The van der Waals surface area contributed by atoms with Gasteiger partial charge < -0.3 is 16.0 Å². The van der Waals surface area contributed by atoms with Crippen LogP contribution in [0.15, 0.2) is 0 Å². The van der Waals surface area contributed by atoms with Gasteiger partial charge >= 0.3 is 6.03 Å². The topological polar surface area (TPSA) is 61.6 Å². The SMILES string of the molecule is CCCCNC(=O)N1CCN(CCN)CC1. The number of hydrogen-bond acceptors (Lipinski definition) is 3. The molecule has 0 bridgehead atoms. The van der Waals surface area contributed by atoms with E-state index in [-0.39, 0.29) is 6.03 Å². The highest BCUT2D eigenvalue weighted by molar-refractivity contribution is 5.74. The molecule has 2 amide bonds. The maximum atomic E-state index is 11.7. The van der Waals surface area contributed by atoms with Gasteiger partial charge in [0, 0.05) is 45.8 Å². The number of hydrogen-bond donors (Lipinski definition) is 2. The molecule has 1 aliphatic rings. The first-order valence-electron chi connectivity index (χ1n) is 6.23. The molecule has 0 aromatic heterocycles. The van der Waals surface area contributed by atoms with E-state index in [1.54, 1.807) is 0 Å². The Kier molecular flexibility index (Phi) is 6.18. The lowest BCUT2D eigenvalue weighted by molar-refractivity contribution is 0.141. The molecule has 1 aliphatic heterocycles. The second-order valence-electron chi connectivity index (χ2n) is 4.20. The number of urea groups is 1. The molecule has 0 aliphatic carbocycles. The molecule has 0 radical (unpaired) electrons. The van der Waals surface area contributed by atoms with Crippen LogP contribution in [0.1, 0.15) is 19.8 Å². The van der Waals surface area contributed by atoms with Crippen LogP contribution in [0, 0.1) is 0 Å². The van der Waals surface area contributed by atoms with Gasteiger partial charge in [-0.2, -0.15) is 0 Å². The summed E-state index contributed by atoms with van der Waals surface area (Å²) < 4.78 is 0. The lowest BCUT2D eigenvalue weighted by atomic mass is 10.3. The number of carbonyl (C=O) groups excluding carboxylic acids is 1. The predicted octanol–water partition coefficient (Wildman–Crippen LogP) is 0.0724. The minimum atomic E-state index is 0.0841. The molecule has 0 spiro atoms. The number of unbranched alkanes of at least 4 members (excludes halogenated alkanes) is 1. The van der Waals surface area contributed by atoms with Crippen molar-refractivity contribution in [2.24, 2.45) is 5.73 Å². The number of nitrogens with two attached hydrogens (primary N) is 1. The fourth-order valence-corrected chi connectivity index (χ4v) is 1.84. The van der Waals surface area contributed by atoms with Crippen LogP contribution in [0.3, 0.4) is 0 Å². The molecular formula is C11H24N4O. The van der Waals surface area contributed by atoms with Gasteiger partial charge in [0.1, 0.15) is 0 Å². The van der Waals surface area contributed by atoms with Crippen LogP contribution in [-0.2, 0) is 0 Å². The van der Waals surface area contributed by atoms with Gasteiger partial charge in [-0.3, -0.25) is 4.90 Å². The van der Waals surface area contributed by atoms with Crippen LogP contribution >= 0.6 is 0 Å². The van der Waals surface area contributed by atoms with Crippen molar-refractivity contribution in [1.82, 2.24) is 15.1 Å². The van der Waals surface area contributed by atoms with Crippen LogP contribution in [0.25, 0.3) is 0 Å². The maximum absolute atomic E-state index is 11.7. The summed E-state index contributed by atoms with van der Waals surface area (Å²) >= 11 is 0. The van der Waals surface area contributed by atoms with Crippen molar-refractivity contribution in [2.75, 3.05) is 45.8 Å². The lowest BCUT2D eigenvalue weighted by Crippen LogP contribution is -2.52. The van der Waals surface area contributed by atoms with Gasteiger partial charge in [-0.1, -0.05) is 13.3 Å². The molecule has 0 aromatic carbocycles. The van der Waals surface area contributed by atoms with E-state index in [2.05, 4.69) is 17.1 Å². The molecule has 0 aromatic rings. The zero-order chi connectivity index (χ0) is 11.8. The van der Waals surface area contributed by atoms with Crippen LogP contribution in [-0.4, -0.2) is 61.6 Å². The van der Waals surface area contributed by atoms with Crippen LogP contribution in [0.4, 0.5) is 4.79 Å². The molecule has 3 N–H and O–H groups in total. The molecule has 1 rings (SSSR count). The van der Waals surface area contributed by atoms with E-state index in [1.165, 1.54) is 0 Å². The first kappa shape index (κ1) is 13.3. The summed E-state index contributed by atoms with van der Waals surface area (Å²) in [7, 11) is 0. The van der Waals surface area contributed by atoms with E-state index in [1.807, 2.05) is 4.90 Å². The number of nitrogens with zero attached hydrogens (tertiary/aromatic N) is 2. The van der Waals surface area contributed by atoms with E-state index < -0.39 is 0 Å². The van der Waals surface area contributed by atoms with Crippen molar-refractivity contribution < 1.29 is 4.79 Å². The van der Waals surface area contributed by atoms with Gasteiger partial charge in [-0.25, -0.2) is 4.79 Å². The predicted molar refractivity (Wildman–Crippen MR) is 65.4 cm³/mol. The Bertz CT molecular complexity index is 202. The summed E-state index contributed by atoms with van der Waals surface area (Å²) in [4.78, 5) is 15.9. The van der Waals surface area contributed by atoms with E-state index in [9.17, 15) is 4.79 Å². The second-order valence-corrected chi connectivity index (χ2v) is 4.20. The summed E-state index contributed by atoms with van der Waals surface area (Å²) in [6, 6.07) is 0.0841. The summed E-state index contributed by atoms with van der Waals surface area (Å²) in [5.74, 6) is 0. The van der Waals surface area contributed by atoms with Gasteiger partial charge in [0.2, 0.25) is 0 Å². The summed E-state index contributed by atoms with van der Waals surface area (Å²) in [5, 5.41) is 2.94. The standard InChI is InChI=1S/C11H24N4O/c1-2-3-5-13-11(16)15-9-7-14(6-4-12)8-10-15/h2-10,12H2,1H3,(H,13,16). The van der Waals surface area contributed by atoms with E-state index in [0.29, 0.717) is 6.54 Å². The van der Waals surface area contributed by atoms with E-state index in [4.69, 9.17) is 5.73 Å². The van der Waals surface area contributed by atoms with E-state index >= 15 is 0 Å². The molecule has 94 valence electrons. The molecule has 1 saturated heterocycles. The second kappa shape index (κ2) is 7.46. The maximum Gasteiger partial charge on any atom is 0.317 e. The van der Waals surface area contributed by atoms with Gasteiger partial charge in [0.05, 0.1) is 0 Å². The third-order valence-electron chi connectivity index (χ3n) is 2.91. The van der Waals surface area contributed by atoms with Gasteiger partial charge in [0.25, 0.3) is 0 Å². The Labute approximate surface area is 98.0 Å². The first-order valence-corrected chi connectivity index (χ1v) is 6.23. The Morgan fingerprint density at radius 2 is 2.00 bits per heavy atom. The summed E-state index contributed by atoms with van der Waals surface area (Å²) in [6.07, 6.45) is 2.17. The van der Waals surface area contributed by atoms with Gasteiger partial charge in [0.15, 0.2) is 0 Å². The number of amides is 2. The third kappa shape index (κ3) is 4.37. The van der Waals surface area contributed by atoms with E-state index in [0.717, 1.165) is 52.1 Å². The minimum absolute atomic E-state index is 0.0841. The molecular weight excluding hydrogens is 204 g/mol. The summed E-state index contributed by atoms with van der Waals surface area (Å²) in [6.45, 7) is 8.07. The third-order valence-corrected chi connectivity index (χ3v) is 2.91. The number of rotatable bonds is 5. The average molecular weight is 228 g/mol. The highest BCUT2D eigenvalue weighted by Crippen LogP contribution is 2.01. The molecule has 1 heterocycles. The molecule has 0 unspecified atom stereocenters. The van der Waals surface area contributed by atoms with Crippen LogP contribution in [0.5, 0.6) is 0 Å². The Morgan fingerprint density at radius 3 is 2.56 bits per heavy atom. The van der Waals surface area contributed by atoms with Crippen molar-refractivity contribution >= 4 is 6.03 Å². The van der Waals surface area contributed by atoms with Crippen molar-refractivity contribution in [3.8, 4) is 0 Å². The highest BCUT2D eigenvalue weighted by atomic mass is 16.2. The van der Waals surface area contributed by atoms with Crippen molar-refractivity contribution in [1.29, 1.82) is 0 Å². The Morgan fingerprint density at radius 1 is 1.31 bits per heavy atom. The number of piperazine rings is 1. The molecule has 5 nitrogen and oxygen atoms in total. The summed E-state index contributed by atoms with van der Waals surface area (Å²) in [5.41, 5.74) is 5.50. The normalized spacial score (nSPS) is 17.5. The monoisotopic (exact) mass is 228 g/mol.